The Morgan fingerprint density at radius 1 is 1.28 bits per heavy atom. The summed E-state index contributed by atoms with van der Waals surface area (Å²) in [6.07, 6.45) is -4.69. The molecule has 0 radical (unpaired) electrons. The number of benzene rings is 1. The Morgan fingerprint density at radius 2 is 1.86 bits per heavy atom. The number of alkyl halides is 2. The Labute approximate surface area is 163 Å². The van der Waals surface area contributed by atoms with Gasteiger partial charge >= 0.3 is 11.6 Å². The van der Waals surface area contributed by atoms with Gasteiger partial charge in [-0.1, -0.05) is 17.7 Å². The Kier molecular flexibility index (Phi) is 6.70. The first kappa shape index (κ1) is 22.8. The molecule has 0 spiro atoms. The third-order valence-electron chi connectivity index (χ3n) is 3.98. The summed E-state index contributed by atoms with van der Waals surface area (Å²) < 4.78 is 62.3. The highest BCUT2D eigenvalue weighted by Gasteiger charge is 2.59. The van der Waals surface area contributed by atoms with Gasteiger partial charge in [-0.15, -0.1) is 0 Å². The second kappa shape index (κ2) is 8.51. The number of aromatic nitrogens is 2. The summed E-state index contributed by atoms with van der Waals surface area (Å²) in [6, 6.07) is 7.14. The molecule has 1 fully saturated rings. The molecule has 0 aliphatic carbocycles. The smallest absolute Gasteiger partial charge is 0.351 e. The summed E-state index contributed by atoms with van der Waals surface area (Å²) in [5.74, 6) is -3.83. The molecule has 0 saturated carbocycles. The molecule has 2 aromatic rings. The fourth-order valence-electron chi connectivity index (χ4n) is 2.43. The second-order valence-electron chi connectivity index (χ2n) is 6.16. The van der Waals surface area contributed by atoms with E-state index in [-0.39, 0.29) is 10.7 Å². The zero-order valence-corrected chi connectivity index (χ0v) is 15.8. The van der Waals surface area contributed by atoms with E-state index in [2.05, 4.69) is 4.98 Å². The van der Waals surface area contributed by atoms with E-state index < -0.39 is 46.8 Å². The molecule has 0 amide bonds. The van der Waals surface area contributed by atoms with Crippen LogP contribution in [-0.4, -0.2) is 57.5 Å². The van der Waals surface area contributed by atoms with Crippen molar-refractivity contribution in [2.24, 2.45) is 0 Å². The van der Waals surface area contributed by atoms with Gasteiger partial charge in [0.05, 0.1) is 11.5 Å². The molecule has 10 nitrogen and oxygen atoms in total. The minimum atomic E-state index is -4.02. The van der Waals surface area contributed by atoms with E-state index in [9.17, 15) is 27.1 Å². The van der Waals surface area contributed by atoms with Gasteiger partial charge in [0.25, 0.3) is 10.1 Å². The first-order valence-electron chi connectivity index (χ1n) is 8.09. The van der Waals surface area contributed by atoms with Crippen LogP contribution in [0.5, 0.6) is 0 Å². The molecule has 0 bridgehead atoms. The van der Waals surface area contributed by atoms with Gasteiger partial charge in [0, 0.05) is 6.20 Å². The van der Waals surface area contributed by atoms with Crippen LogP contribution in [0.4, 0.5) is 14.6 Å². The van der Waals surface area contributed by atoms with Gasteiger partial charge in [0.15, 0.2) is 6.10 Å². The number of ether oxygens (including phenoxy) is 1. The van der Waals surface area contributed by atoms with Gasteiger partial charge in [-0.25, -0.2) is 4.79 Å². The maximum atomic E-state index is 13.7. The van der Waals surface area contributed by atoms with Crippen molar-refractivity contribution in [3.63, 3.8) is 0 Å². The van der Waals surface area contributed by atoms with Crippen molar-refractivity contribution < 1.29 is 36.7 Å². The number of halogens is 2. The predicted molar refractivity (Wildman–Crippen MR) is 95.9 cm³/mol. The SMILES string of the molecule is Cc1ccc(S(=O)(=O)O)cc1.Nc1ccn([C@@H]2O[C@H](CO)[C@@H](O)C2(F)F)c(=O)n1. The fourth-order valence-corrected chi connectivity index (χ4v) is 2.91. The molecule has 3 atom stereocenters. The maximum absolute atomic E-state index is 13.7. The van der Waals surface area contributed by atoms with Crippen molar-refractivity contribution in [2.75, 3.05) is 12.3 Å². The molecule has 160 valence electrons. The molecule has 0 unspecified atom stereocenters. The van der Waals surface area contributed by atoms with Crippen molar-refractivity contribution >= 4 is 15.9 Å². The number of anilines is 1. The predicted octanol–water partition coefficient (Wildman–Crippen LogP) is -0.0469. The lowest BCUT2D eigenvalue weighted by Crippen LogP contribution is -2.41. The van der Waals surface area contributed by atoms with Crippen LogP contribution in [0, 0.1) is 6.92 Å². The van der Waals surface area contributed by atoms with Gasteiger partial charge < -0.3 is 20.7 Å². The number of hydrogen-bond acceptors (Lipinski definition) is 8. The Morgan fingerprint density at radius 3 is 2.31 bits per heavy atom. The van der Waals surface area contributed by atoms with E-state index >= 15 is 0 Å². The first-order valence-corrected chi connectivity index (χ1v) is 9.53. The number of aryl methyl sites for hydroxylation is 1. The molecule has 1 aliphatic rings. The van der Waals surface area contributed by atoms with Gasteiger partial charge in [0.2, 0.25) is 6.23 Å². The van der Waals surface area contributed by atoms with Crippen LogP contribution in [0.3, 0.4) is 0 Å². The highest BCUT2D eigenvalue weighted by Crippen LogP contribution is 2.41. The second-order valence-corrected chi connectivity index (χ2v) is 7.58. The molecule has 3 rings (SSSR count). The molecule has 13 heteroatoms. The minimum Gasteiger partial charge on any atom is -0.394 e. The lowest BCUT2D eigenvalue weighted by Gasteiger charge is -2.20. The van der Waals surface area contributed by atoms with Crippen molar-refractivity contribution in [3.8, 4) is 0 Å². The highest BCUT2D eigenvalue weighted by molar-refractivity contribution is 7.85. The van der Waals surface area contributed by atoms with E-state index in [4.69, 9.17) is 20.1 Å². The number of hydrogen-bond donors (Lipinski definition) is 4. The number of nitrogens with zero attached hydrogens (tertiary/aromatic N) is 2. The number of aliphatic hydroxyl groups is 2. The number of aliphatic hydroxyl groups excluding tert-OH is 2. The van der Waals surface area contributed by atoms with Gasteiger partial charge in [-0.3, -0.25) is 9.12 Å². The van der Waals surface area contributed by atoms with Crippen LogP contribution in [-0.2, 0) is 14.9 Å². The number of nitrogens with two attached hydrogens (primary N) is 1. The molecule has 1 saturated heterocycles. The number of nitrogen functional groups attached to an aromatic ring is 1. The monoisotopic (exact) mass is 435 g/mol. The molecule has 5 N–H and O–H groups in total. The van der Waals surface area contributed by atoms with Crippen LogP contribution in [0.25, 0.3) is 0 Å². The molecule has 2 heterocycles. The Bertz CT molecular complexity index is 1010. The summed E-state index contributed by atoms with van der Waals surface area (Å²) in [6.45, 7) is 1.05. The van der Waals surface area contributed by atoms with Crippen molar-refractivity contribution in [3.05, 3.63) is 52.6 Å². The van der Waals surface area contributed by atoms with Crippen LogP contribution < -0.4 is 11.4 Å². The number of rotatable bonds is 3. The molecular weight excluding hydrogens is 416 g/mol. The molecule has 1 aliphatic heterocycles. The van der Waals surface area contributed by atoms with Gasteiger partial charge in [0.1, 0.15) is 11.9 Å². The van der Waals surface area contributed by atoms with E-state index in [1.807, 2.05) is 6.92 Å². The van der Waals surface area contributed by atoms with Crippen LogP contribution in [0.2, 0.25) is 0 Å². The summed E-state index contributed by atoms with van der Waals surface area (Å²) in [5.41, 5.74) is 5.17. The Balaban J connectivity index is 0.000000234. The highest BCUT2D eigenvalue weighted by atomic mass is 32.2. The van der Waals surface area contributed by atoms with Crippen molar-refractivity contribution in [1.29, 1.82) is 0 Å². The molecule has 1 aromatic heterocycles. The third kappa shape index (κ3) is 5.13. The largest absolute Gasteiger partial charge is 0.394 e. The normalized spacial score (nSPS) is 23.3. The Hall–Kier alpha value is -2.45. The summed E-state index contributed by atoms with van der Waals surface area (Å²) in [7, 11) is -4.02. The quantitative estimate of drug-likeness (QED) is 0.484. The zero-order chi connectivity index (χ0) is 22.0. The van der Waals surface area contributed by atoms with Crippen LogP contribution >= 0.6 is 0 Å². The van der Waals surface area contributed by atoms with Crippen molar-refractivity contribution in [2.45, 2.75) is 36.2 Å². The summed E-state index contributed by atoms with van der Waals surface area (Å²) in [5, 5.41) is 18.1. The summed E-state index contributed by atoms with van der Waals surface area (Å²) in [4.78, 5) is 14.7. The first-order chi connectivity index (χ1) is 13.4. The molecular formula is C16H19F2N3O7S. The van der Waals surface area contributed by atoms with Gasteiger partial charge in [-0.2, -0.15) is 22.2 Å². The van der Waals surface area contributed by atoms with Crippen LogP contribution in [0.1, 0.15) is 11.8 Å². The maximum Gasteiger partial charge on any atom is 0.351 e. The van der Waals surface area contributed by atoms with E-state index in [1.54, 1.807) is 12.1 Å². The van der Waals surface area contributed by atoms with E-state index in [1.165, 1.54) is 12.1 Å². The standard InChI is InChI=1S/C9H11F2N3O4.C7H8O3S/c10-9(11)6(16)4(3-15)18-7(9)14-2-1-5(12)13-8(14)17;1-6-2-4-7(5-3-6)11(8,9)10/h1-2,4,6-7,15-16H,3H2,(H2,12,13,17);2-5H,1H3,(H,8,9,10)/t4-,6-,7-;/m1./s1. The lowest BCUT2D eigenvalue weighted by molar-refractivity contribution is -0.140. The summed E-state index contributed by atoms with van der Waals surface area (Å²) >= 11 is 0. The van der Waals surface area contributed by atoms with Crippen molar-refractivity contribution in [1.82, 2.24) is 9.55 Å². The topological polar surface area (TPSA) is 165 Å². The molecule has 29 heavy (non-hydrogen) atoms. The lowest BCUT2D eigenvalue weighted by atomic mass is 10.1. The van der Waals surface area contributed by atoms with Crippen LogP contribution in [0.15, 0.2) is 46.2 Å². The molecule has 1 aromatic carbocycles. The average molecular weight is 435 g/mol. The zero-order valence-electron chi connectivity index (χ0n) is 15.0. The average Bonchev–Trinajstić information content (AvgIpc) is 2.85. The van der Waals surface area contributed by atoms with Gasteiger partial charge in [-0.05, 0) is 25.1 Å². The minimum absolute atomic E-state index is 0.0666. The van der Waals surface area contributed by atoms with E-state index in [0.29, 0.717) is 4.57 Å². The third-order valence-corrected chi connectivity index (χ3v) is 4.85. The fraction of sp³-hybridized carbons (Fsp3) is 0.375. The van der Waals surface area contributed by atoms with E-state index in [0.717, 1.165) is 17.8 Å².